The van der Waals surface area contributed by atoms with E-state index in [2.05, 4.69) is 15.0 Å². The molecule has 0 amide bonds. The molecule has 0 radical (unpaired) electrons. The molecular weight excluding hydrogens is 409 g/mol. The molecule has 0 atom stereocenters. The minimum absolute atomic E-state index is 0.239. The third-order valence-corrected chi connectivity index (χ3v) is 5.15. The molecule has 13 heteroatoms. The summed E-state index contributed by atoms with van der Waals surface area (Å²) in [5.74, 6) is -0.559. The molecule has 1 aromatic heterocycles. The normalized spacial score (nSPS) is 12.7. The van der Waals surface area contributed by atoms with Crippen LogP contribution in [0.1, 0.15) is 5.56 Å². The smallest absolute Gasteiger partial charge is 0.370 e. The van der Waals surface area contributed by atoms with E-state index in [9.17, 15) is 21.6 Å². The van der Waals surface area contributed by atoms with E-state index in [1.165, 1.54) is 12.1 Å². The zero-order chi connectivity index (χ0) is 20.4. The van der Waals surface area contributed by atoms with E-state index in [-0.39, 0.29) is 22.5 Å². The fourth-order valence-electron chi connectivity index (χ4n) is 1.88. The Morgan fingerprint density at radius 3 is 2.19 bits per heavy atom. The summed E-state index contributed by atoms with van der Waals surface area (Å²) in [7, 11) is -4.25. The van der Waals surface area contributed by atoms with Crippen molar-refractivity contribution in [1.82, 2.24) is 4.98 Å². The molecule has 0 saturated carbocycles. The Kier molecular flexibility index (Phi) is 5.61. The zero-order valence-electron chi connectivity index (χ0n) is 13.3. The van der Waals surface area contributed by atoms with Crippen LogP contribution in [0.3, 0.4) is 0 Å². The molecule has 1 heterocycles. The predicted molar refractivity (Wildman–Crippen MR) is 93.2 cm³/mol. The summed E-state index contributed by atoms with van der Waals surface area (Å²) in [5, 5.41) is -1.35. The molecule has 0 unspecified atom stereocenters. The number of alkyl halides is 3. The second-order valence-electron chi connectivity index (χ2n) is 5.01. The summed E-state index contributed by atoms with van der Waals surface area (Å²) < 4.78 is 63.1. The fourth-order valence-corrected chi connectivity index (χ4v) is 3.57. The van der Waals surface area contributed by atoms with Crippen LogP contribution in [-0.4, -0.2) is 25.3 Å². The second-order valence-corrected chi connectivity index (χ2v) is 7.28. The van der Waals surface area contributed by atoms with Gasteiger partial charge in [0, 0.05) is 6.20 Å². The van der Waals surface area contributed by atoms with E-state index in [1.54, 1.807) is 0 Å². The molecule has 0 saturated heterocycles. The number of rotatable bonds is 3. The van der Waals surface area contributed by atoms with Crippen LogP contribution in [0, 0.1) is 0 Å². The Hall–Kier alpha value is -2.86. The van der Waals surface area contributed by atoms with Gasteiger partial charge in [-0.05, 0) is 30.3 Å². The molecule has 0 bridgehead atoms. The quantitative estimate of drug-likeness (QED) is 0.509. The maximum Gasteiger partial charge on any atom is 0.417 e. The molecule has 6 N–H and O–H groups in total. The summed E-state index contributed by atoms with van der Waals surface area (Å²) in [5.41, 5.74) is 14.8. The molecule has 1 aromatic carbocycles. The van der Waals surface area contributed by atoms with Crippen molar-refractivity contribution in [2.24, 2.45) is 27.2 Å². The van der Waals surface area contributed by atoms with Crippen molar-refractivity contribution in [3.05, 3.63) is 47.1 Å². The lowest BCUT2D eigenvalue weighted by atomic mass is 10.3. The number of benzene rings is 1. The highest BCUT2D eigenvalue weighted by atomic mass is 35.5. The number of nitrogens with zero attached hydrogens (tertiary/aromatic N) is 3. The molecule has 144 valence electrons. The molecule has 2 aromatic rings. The Morgan fingerprint density at radius 1 is 1.11 bits per heavy atom. The minimum Gasteiger partial charge on any atom is -0.370 e. The summed E-state index contributed by atoms with van der Waals surface area (Å²) in [6, 6.07) is 5.40. The first kappa shape index (κ1) is 20.5. The number of aliphatic imine (C=N–C) groups is 2. The standard InChI is InChI=1S/C14H12ClF3N6O2S/c15-10-5-7(14(16,17)18)6-22-11(10)27(25,26)9-3-1-8(2-4-9)23-13(21)24-12(19)20/h1-6H,(H6,19,20,21,23,24). The van der Waals surface area contributed by atoms with Crippen molar-refractivity contribution in [3.8, 4) is 0 Å². The molecule has 27 heavy (non-hydrogen) atoms. The van der Waals surface area contributed by atoms with Crippen molar-refractivity contribution in [1.29, 1.82) is 0 Å². The predicted octanol–water partition coefficient (Wildman–Crippen LogP) is 1.81. The van der Waals surface area contributed by atoms with Crippen molar-refractivity contribution in [3.63, 3.8) is 0 Å². The Morgan fingerprint density at radius 2 is 1.70 bits per heavy atom. The van der Waals surface area contributed by atoms with Crippen LogP contribution in [0.4, 0.5) is 18.9 Å². The number of pyridine rings is 1. The number of sulfone groups is 1. The summed E-state index contributed by atoms with van der Waals surface area (Å²) in [6.07, 6.45) is -4.30. The summed E-state index contributed by atoms with van der Waals surface area (Å²) in [4.78, 5) is 10.4. The molecule has 0 aliphatic heterocycles. The Bertz CT molecular complexity index is 1020. The van der Waals surface area contributed by atoms with Gasteiger partial charge in [-0.1, -0.05) is 11.6 Å². The van der Waals surface area contributed by atoms with Gasteiger partial charge in [0.05, 0.1) is 21.2 Å². The van der Waals surface area contributed by atoms with Gasteiger partial charge in [0.1, 0.15) is 0 Å². The third-order valence-electron chi connectivity index (χ3n) is 3.02. The van der Waals surface area contributed by atoms with Gasteiger partial charge >= 0.3 is 6.18 Å². The minimum atomic E-state index is -4.70. The van der Waals surface area contributed by atoms with E-state index in [4.69, 9.17) is 28.8 Å². The fraction of sp³-hybridized carbons (Fsp3) is 0.0714. The number of aromatic nitrogens is 1. The molecule has 0 fully saturated rings. The highest BCUT2D eigenvalue weighted by Crippen LogP contribution is 2.33. The van der Waals surface area contributed by atoms with Gasteiger partial charge in [0.2, 0.25) is 15.8 Å². The van der Waals surface area contributed by atoms with E-state index in [0.29, 0.717) is 12.3 Å². The lowest BCUT2D eigenvalue weighted by Gasteiger charge is -2.10. The summed E-state index contributed by atoms with van der Waals surface area (Å²) >= 11 is 5.70. The van der Waals surface area contributed by atoms with E-state index in [1.807, 2.05) is 0 Å². The molecule has 0 aliphatic rings. The third kappa shape index (κ3) is 4.86. The van der Waals surface area contributed by atoms with Crippen LogP contribution in [0.2, 0.25) is 5.02 Å². The number of nitrogens with two attached hydrogens (primary N) is 3. The molecule has 0 spiro atoms. The first-order valence-electron chi connectivity index (χ1n) is 6.93. The number of guanidine groups is 2. The van der Waals surface area contributed by atoms with Gasteiger partial charge in [-0.25, -0.2) is 18.4 Å². The van der Waals surface area contributed by atoms with E-state index < -0.39 is 31.6 Å². The molecule has 8 nitrogen and oxygen atoms in total. The van der Waals surface area contributed by atoms with E-state index >= 15 is 0 Å². The van der Waals surface area contributed by atoms with Crippen LogP contribution in [-0.2, 0) is 16.0 Å². The first-order chi connectivity index (χ1) is 12.4. The lowest BCUT2D eigenvalue weighted by Crippen LogP contribution is -2.26. The molecule has 0 aliphatic carbocycles. The number of hydrogen-bond acceptors (Lipinski definition) is 4. The Labute approximate surface area is 156 Å². The van der Waals surface area contributed by atoms with Crippen LogP contribution in [0.25, 0.3) is 0 Å². The van der Waals surface area contributed by atoms with Gasteiger partial charge in [-0.15, -0.1) is 0 Å². The van der Waals surface area contributed by atoms with Gasteiger partial charge in [0.25, 0.3) is 0 Å². The average Bonchev–Trinajstić information content (AvgIpc) is 2.53. The molecule has 2 rings (SSSR count). The van der Waals surface area contributed by atoms with Crippen LogP contribution >= 0.6 is 11.6 Å². The van der Waals surface area contributed by atoms with Crippen LogP contribution < -0.4 is 17.2 Å². The number of hydrogen-bond donors (Lipinski definition) is 3. The molecular formula is C14H12ClF3N6O2S. The maximum atomic E-state index is 12.7. The number of halogens is 4. The first-order valence-corrected chi connectivity index (χ1v) is 8.79. The van der Waals surface area contributed by atoms with Gasteiger partial charge in [-0.2, -0.15) is 18.2 Å². The summed E-state index contributed by atoms with van der Waals surface area (Å²) in [6.45, 7) is 0. The average molecular weight is 421 g/mol. The monoisotopic (exact) mass is 420 g/mol. The topological polar surface area (TPSA) is 150 Å². The second kappa shape index (κ2) is 7.40. The van der Waals surface area contributed by atoms with E-state index in [0.717, 1.165) is 12.1 Å². The van der Waals surface area contributed by atoms with Gasteiger partial charge in [-0.3, -0.25) is 0 Å². The highest BCUT2D eigenvalue weighted by Gasteiger charge is 2.33. The zero-order valence-corrected chi connectivity index (χ0v) is 14.8. The van der Waals surface area contributed by atoms with Crippen LogP contribution in [0.15, 0.2) is 56.4 Å². The maximum absolute atomic E-state index is 12.7. The van der Waals surface area contributed by atoms with Crippen molar-refractivity contribution < 1.29 is 21.6 Å². The van der Waals surface area contributed by atoms with Crippen molar-refractivity contribution in [2.45, 2.75) is 16.1 Å². The van der Waals surface area contributed by atoms with Gasteiger partial charge in [0.15, 0.2) is 11.0 Å². The largest absolute Gasteiger partial charge is 0.417 e. The van der Waals surface area contributed by atoms with Gasteiger partial charge < -0.3 is 17.2 Å². The lowest BCUT2D eigenvalue weighted by molar-refractivity contribution is -0.137. The Balaban J connectivity index is 2.39. The van der Waals surface area contributed by atoms with Crippen molar-refractivity contribution in [2.75, 3.05) is 0 Å². The highest BCUT2D eigenvalue weighted by molar-refractivity contribution is 7.91. The van der Waals surface area contributed by atoms with Crippen molar-refractivity contribution >= 4 is 39.0 Å². The van der Waals surface area contributed by atoms with Crippen LogP contribution in [0.5, 0.6) is 0 Å². The SMILES string of the molecule is NC(N)=NC(N)=Nc1ccc(S(=O)(=O)c2ncc(C(F)(F)F)cc2Cl)cc1.